The van der Waals surface area contributed by atoms with Crippen LogP contribution in [0.15, 0.2) is 0 Å². The number of hydrogen-bond donors (Lipinski definition) is 3. The molecule has 6 heteroatoms. The molecule has 17 heavy (non-hydrogen) atoms. The van der Waals surface area contributed by atoms with Crippen LogP contribution in [0, 0.1) is 0 Å². The van der Waals surface area contributed by atoms with Crippen molar-refractivity contribution in [3.8, 4) is 0 Å². The van der Waals surface area contributed by atoms with Crippen LogP contribution in [0.5, 0.6) is 0 Å². The lowest BCUT2D eigenvalue weighted by molar-refractivity contribution is -0.134. The van der Waals surface area contributed by atoms with Gasteiger partial charge in [0, 0.05) is 33.4 Å². The first-order valence-corrected chi connectivity index (χ1v) is 5.65. The van der Waals surface area contributed by atoms with E-state index in [1.165, 1.54) is 0 Å². The summed E-state index contributed by atoms with van der Waals surface area (Å²) in [6.45, 7) is 5.03. The molecule has 0 aromatic heterocycles. The number of aliphatic hydroxyl groups is 2. The van der Waals surface area contributed by atoms with E-state index in [1.807, 2.05) is 6.92 Å². The summed E-state index contributed by atoms with van der Waals surface area (Å²) in [5, 5.41) is 24.4. The molecule has 1 atom stereocenters. The van der Waals surface area contributed by atoms with E-state index in [9.17, 15) is 0 Å². The molecule has 0 aromatic carbocycles. The van der Waals surface area contributed by atoms with Crippen molar-refractivity contribution < 1.29 is 29.6 Å². The fourth-order valence-corrected chi connectivity index (χ4v) is 0.813. The van der Waals surface area contributed by atoms with Crippen molar-refractivity contribution in [3.05, 3.63) is 0 Å². The number of aliphatic carboxylic acids is 1. The molecule has 0 aliphatic heterocycles. The van der Waals surface area contributed by atoms with Gasteiger partial charge in [-0.15, -0.1) is 0 Å². The maximum atomic E-state index is 9.00. The summed E-state index contributed by atoms with van der Waals surface area (Å²) >= 11 is 0. The Morgan fingerprint density at radius 1 is 1.18 bits per heavy atom. The molecular weight excluding hydrogens is 228 g/mol. The van der Waals surface area contributed by atoms with Crippen LogP contribution in [0.4, 0.5) is 0 Å². The molecule has 0 fully saturated rings. The van der Waals surface area contributed by atoms with E-state index >= 15 is 0 Å². The Hall–Kier alpha value is -0.690. The third kappa shape index (κ3) is 25.5. The van der Waals surface area contributed by atoms with E-state index < -0.39 is 5.97 Å². The van der Waals surface area contributed by atoms with Gasteiger partial charge < -0.3 is 24.8 Å². The van der Waals surface area contributed by atoms with E-state index in [-0.39, 0.29) is 19.3 Å². The van der Waals surface area contributed by atoms with Gasteiger partial charge in [0.2, 0.25) is 0 Å². The number of carboxylic acid groups (broad SMARTS) is 1. The van der Waals surface area contributed by atoms with Gasteiger partial charge >= 0.3 is 0 Å². The Labute approximate surface area is 102 Å². The van der Waals surface area contributed by atoms with E-state index in [0.29, 0.717) is 32.7 Å². The summed E-state index contributed by atoms with van der Waals surface area (Å²) in [6.07, 6.45) is 1.40. The van der Waals surface area contributed by atoms with Crippen LogP contribution in [-0.2, 0) is 14.3 Å². The number of carboxylic acids is 1. The predicted molar refractivity (Wildman–Crippen MR) is 62.9 cm³/mol. The largest absolute Gasteiger partial charge is 0.481 e. The zero-order valence-corrected chi connectivity index (χ0v) is 10.6. The lowest BCUT2D eigenvalue weighted by Gasteiger charge is -2.12. The molecule has 0 saturated heterocycles. The van der Waals surface area contributed by atoms with Crippen LogP contribution in [-0.4, -0.2) is 60.4 Å². The molecule has 0 aromatic rings. The highest BCUT2D eigenvalue weighted by atomic mass is 16.5. The van der Waals surface area contributed by atoms with E-state index in [0.717, 1.165) is 6.92 Å². The Kier molecular flexibility index (Phi) is 16.8. The molecule has 0 aliphatic rings. The monoisotopic (exact) mass is 252 g/mol. The summed E-state index contributed by atoms with van der Waals surface area (Å²) < 4.78 is 10.5. The van der Waals surface area contributed by atoms with Crippen LogP contribution < -0.4 is 0 Å². The zero-order valence-electron chi connectivity index (χ0n) is 10.6. The third-order valence-corrected chi connectivity index (χ3v) is 1.50. The number of carbonyl (C=O) groups is 1. The molecule has 1 unspecified atom stereocenters. The van der Waals surface area contributed by atoms with Crippen LogP contribution in [0.2, 0.25) is 0 Å². The molecule has 0 heterocycles. The molecule has 104 valence electrons. The van der Waals surface area contributed by atoms with E-state index in [4.69, 9.17) is 29.6 Å². The summed E-state index contributed by atoms with van der Waals surface area (Å²) in [6, 6.07) is 0. The minimum atomic E-state index is -0.833. The molecule has 6 nitrogen and oxygen atoms in total. The fourth-order valence-electron chi connectivity index (χ4n) is 0.813. The topological polar surface area (TPSA) is 96.2 Å². The first-order chi connectivity index (χ1) is 8.04. The van der Waals surface area contributed by atoms with Crippen LogP contribution >= 0.6 is 0 Å². The van der Waals surface area contributed by atoms with Crippen LogP contribution in [0.25, 0.3) is 0 Å². The molecule has 0 aliphatic carbocycles. The number of ether oxygens (including phenoxy) is 2. The maximum Gasteiger partial charge on any atom is 0.300 e. The second-order valence-electron chi connectivity index (χ2n) is 3.43. The highest BCUT2D eigenvalue weighted by Gasteiger charge is 2.00. The molecule has 0 spiro atoms. The number of hydrogen-bond acceptors (Lipinski definition) is 5. The quantitative estimate of drug-likeness (QED) is 0.509. The fraction of sp³-hybridized carbons (Fsp3) is 0.909. The van der Waals surface area contributed by atoms with Gasteiger partial charge in [-0.1, -0.05) is 0 Å². The van der Waals surface area contributed by atoms with E-state index in [2.05, 4.69) is 0 Å². The molecule has 0 rings (SSSR count). The Balaban J connectivity index is 0. The normalized spacial score (nSPS) is 11.5. The van der Waals surface area contributed by atoms with Gasteiger partial charge in [0.1, 0.15) is 0 Å². The van der Waals surface area contributed by atoms with Gasteiger partial charge in [-0.2, -0.15) is 0 Å². The standard InChI is InChI=1S/C9H20O4.C2H4O2/c1-9(13-7-3-5-11)8-12-6-2-4-10;1-2(3)4/h9-11H,2-8H2,1H3;1H3,(H,3,4). The maximum absolute atomic E-state index is 9.00. The van der Waals surface area contributed by atoms with Crippen molar-refractivity contribution in [1.29, 1.82) is 0 Å². The lowest BCUT2D eigenvalue weighted by atomic mass is 10.4. The average Bonchev–Trinajstić information content (AvgIpc) is 2.24. The first kappa shape index (κ1) is 18.7. The molecule has 0 amide bonds. The summed E-state index contributed by atoms with van der Waals surface area (Å²) in [5.74, 6) is -0.833. The van der Waals surface area contributed by atoms with Gasteiger partial charge in [0.05, 0.1) is 12.7 Å². The average molecular weight is 252 g/mol. The van der Waals surface area contributed by atoms with Gasteiger partial charge in [-0.25, -0.2) is 0 Å². The van der Waals surface area contributed by atoms with Gasteiger partial charge in [0.15, 0.2) is 0 Å². The number of aliphatic hydroxyl groups excluding tert-OH is 2. The van der Waals surface area contributed by atoms with Crippen LogP contribution in [0.1, 0.15) is 26.7 Å². The summed E-state index contributed by atoms with van der Waals surface area (Å²) in [4.78, 5) is 9.00. The molecule has 0 bridgehead atoms. The summed E-state index contributed by atoms with van der Waals surface area (Å²) in [5.41, 5.74) is 0. The smallest absolute Gasteiger partial charge is 0.300 e. The second kappa shape index (κ2) is 15.3. The van der Waals surface area contributed by atoms with E-state index in [1.54, 1.807) is 0 Å². The predicted octanol–water partition coefficient (Wildman–Crippen LogP) is 0.264. The van der Waals surface area contributed by atoms with Crippen LogP contribution in [0.3, 0.4) is 0 Å². The molecule has 0 radical (unpaired) electrons. The Morgan fingerprint density at radius 2 is 1.65 bits per heavy atom. The van der Waals surface area contributed by atoms with Gasteiger partial charge in [-0.3, -0.25) is 4.79 Å². The van der Waals surface area contributed by atoms with Crippen molar-refractivity contribution >= 4 is 5.97 Å². The highest BCUT2D eigenvalue weighted by molar-refractivity contribution is 5.62. The molecule has 0 saturated carbocycles. The SMILES string of the molecule is CC(=O)O.CC(COCCCO)OCCCO. The molecule has 3 N–H and O–H groups in total. The Morgan fingerprint density at radius 3 is 2.12 bits per heavy atom. The Bertz CT molecular complexity index is 158. The number of rotatable bonds is 9. The summed E-state index contributed by atoms with van der Waals surface area (Å²) in [7, 11) is 0. The van der Waals surface area contributed by atoms with Gasteiger partial charge in [-0.05, 0) is 19.8 Å². The van der Waals surface area contributed by atoms with Crippen molar-refractivity contribution in [1.82, 2.24) is 0 Å². The first-order valence-electron chi connectivity index (χ1n) is 5.65. The third-order valence-electron chi connectivity index (χ3n) is 1.50. The second-order valence-corrected chi connectivity index (χ2v) is 3.43. The van der Waals surface area contributed by atoms with Crippen molar-refractivity contribution in [2.45, 2.75) is 32.8 Å². The zero-order chi connectivity index (χ0) is 13.5. The molecular formula is C11H24O6. The minimum Gasteiger partial charge on any atom is -0.481 e. The van der Waals surface area contributed by atoms with Crippen molar-refractivity contribution in [2.75, 3.05) is 33.0 Å². The van der Waals surface area contributed by atoms with Crippen molar-refractivity contribution in [3.63, 3.8) is 0 Å². The highest BCUT2D eigenvalue weighted by Crippen LogP contribution is 1.94. The minimum absolute atomic E-state index is 0.0604. The van der Waals surface area contributed by atoms with Crippen molar-refractivity contribution in [2.24, 2.45) is 0 Å². The van der Waals surface area contributed by atoms with Gasteiger partial charge in [0.25, 0.3) is 5.97 Å². The lowest BCUT2D eigenvalue weighted by Crippen LogP contribution is -2.17.